The number of amides is 2. The third-order valence-electron chi connectivity index (χ3n) is 4.79. The SMILES string of the molecule is CC(C)CC1NC(=O)CCN(CCC2CCCCC2)C1=O. The number of carbonyl (C=O) groups is 2. The number of nitrogens with one attached hydrogen (secondary N) is 1. The first-order valence-corrected chi connectivity index (χ1v) is 8.64. The third kappa shape index (κ3) is 5.01. The minimum atomic E-state index is -0.314. The van der Waals surface area contributed by atoms with Crippen molar-refractivity contribution >= 4 is 11.8 Å². The lowest BCUT2D eigenvalue weighted by atomic mass is 9.87. The molecule has 1 saturated carbocycles. The van der Waals surface area contributed by atoms with Crippen LogP contribution in [0.15, 0.2) is 0 Å². The quantitative estimate of drug-likeness (QED) is 0.847. The minimum absolute atomic E-state index is 0.0224. The molecule has 2 fully saturated rings. The van der Waals surface area contributed by atoms with Gasteiger partial charge in [0.1, 0.15) is 6.04 Å². The van der Waals surface area contributed by atoms with Gasteiger partial charge in [0.25, 0.3) is 0 Å². The van der Waals surface area contributed by atoms with Crippen LogP contribution in [-0.2, 0) is 9.59 Å². The second kappa shape index (κ2) is 7.81. The smallest absolute Gasteiger partial charge is 0.245 e. The number of rotatable bonds is 5. The fourth-order valence-electron chi connectivity index (χ4n) is 3.56. The van der Waals surface area contributed by atoms with Crippen molar-refractivity contribution in [3.05, 3.63) is 0 Å². The summed E-state index contributed by atoms with van der Waals surface area (Å²) in [4.78, 5) is 26.3. The molecule has 2 rings (SSSR count). The summed E-state index contributed by atoms with van der Waals surface area (Å²) in [7, 11) is 0. The van der Waals surface area contributed by atoms with Crippen LogP contribution in [0.5, 0.6) is 0 Å². The Morgan fingerprint density at radius 2 is 1.90 bits per heavy atom. The Morgan fingerprint density at radius 1 is 1.19 bits per heavy atom. The molecule has 1 aliphatic heterocycles. The van der Waals surface area contributed by atoms with E-state index in [2.05, 4.69) is 19.2 Å². The number of carbonyl (C=O) groups excluding carboxylic acids is 2. The third-order valence-corrected chi connectivity index (χ3v) is 4.79. The summed E-state index contributed by atoms with van der Waals surface area (Å²) in [5, 5.41) is 2.90. The second-order valence-electron chi connectivity index (χ2n) is 7.12. The number of nitrogens with zero attached hydrogens (tertiary/aromatic N) is 1. The average Bonchev–Trinajstić information content (AvgIpc) is 2.58. The highest BCUT2D eigenvalue weighted by molar-refractivity contribution is 5.89. The zero-order chi connectivity index (χ0) is 15.2. The zero-order valence-electron chi connectivity index (χ0n) is 13.6. The van der Waals surface area contributed by atoms with Crippen LogP contribution in [0.3, 0.4) is 0 Å². The molecule has 1 unspecified atom stereocenters. The Kier molecular flexibility index (Phi) is 6.07. The van der Waals surface area contributed by atoms with Crippen molar-refractivity contribution in [1.82, 2.24) is 10.2 Å². The van der Waals surface area contributed by atoms with Crippen molar-refractivity contribution in [1.29, 1.82) is 0 Å². The molecule has 0 aromatic rings. The maximum Gasteiger partial charge on any atom is 0.245 e. The standard InChI is InChI=1S/C17H30N2O2/c1-13(2)12-15-17(21)19(11-9-16(20)18-15)10-8-14-6-4-3-5-7-14/h13-15H,3-12H2,1-2H3,(H,18,20). The Labute approximate surface area is 128 Å². The maximum atomic E-state index is 12.6. The first-order chi connectivity index (χ1) is 10.1. The van der Waals surface area contributed by atoms with E-state index in [0.717, 1.165) is 25.3 Å². The Bertz CT molecular complexity index is 362. The normalized spacial score (nSPS) is 25.1. The molecule has 0 spiro atoms. The molecular formula is C17H30N2O2. The van der Waals surface area contributed by atoms with Gasteiger partial charge in [0.2, 0.25) is 11.8 Å². The first kappa shape index (κ1) is 16.3. The lowest BCUT2D eigenvalue weighted by Crippen LogP contribution is -2.45. The molecular weight excluding hydrogens is 264 g/mol. The van der Waals surface area contributed by atoms with Gasteiger partial charge in [-0.1, -0.05) is 46.0 Å². The lowest BCUT2D eigenvalue weighted by molar-refractivity contribution is -0.134. The molecule has 21 heavy (non-hydrogen) atoms. The zero-order valence-corrected chi connectivity index (χ0v) is 13.6. The summed E-state index contributed by atoms with van der Waals surface area (Å²) in [5.41, 5.74) is 0. The molecule has 1 saturated heterocycles. The summed E-state index contributed by atoms with van der Waals surface area (Å²) in [6.45, 7) is 5.60. The van der Waals surface area contributed by atoms with Crippen molar-refractivity contribution in [2.75, 3.05) is 13.1 Å². The van der Waals surface area contributed by atoms with Gasteiger partial charge in [-0.15, -0.1) is 0 Å². The van der Waals surface area contributed by atoms with E-state index >= 15 is 0 Å². The van der Waals surface area contributed by atoms with Crippen LogP contribution >= 0.6 is 0 Å². The molecule has 0 aromatic heterocycles. The summed E-state index contributed by atoms with van der Waals surface area (Å²) < 4.78 is 0. The predicted molar refractivity (Wildman–Crippen MR) is 83.8 cm³/mol. The topological polar surface area (TPSA) is 49.4 Å². The molecule has 1 atom stereocenters. The van der Waals surface area contributed by atoms with E-state index in [4.69, 9.17) is 0 Å². The highest BCUT2D eigenvalue weighted by Crippen LogP contribution is 2.26. The van der Waals surface area contributed by atoms with Crippen molar-refractivity contribution in [2.45, 2.75) is 71.3 Å². The fourth-order valence-corrected chi connectivity index (χ4v) is 3.56. The molecule has 0 bridgehead atoms. The van der Waals surface area contributed by atoms with Gasteiger partial charge in [0, 0.05) is 19.5 Å². The van der Waals surface area contributed by atoms with Crippen LogP contribution in [0.1, 0.15) is 65.2 Å². The van der Waals surface area contributed by atoms with Crippen LogP contribution in [0.4, 0.5) is 0 Å². The van der Waals surface area contributed by atoms with Crippen molar-refractivity contribution in [3.8, 4) is 0 Å². The second-order valence-corrected chi connectivity index (χ2v) is 7.12. The largest absolute Gasteiger partial charge is 0.344 e. The number of hydrogen-bond donors (Lipinski definition) is 1. The van der Waals surface area contributed by atoms with Crippen LogP contribution in [0, 0.1) is 11.8 Å². The van der Waals surface area contributed by atoms with E-state index in [-0.39, 0.29) is 17.9 Å². The Hall–Kier alpha value is -1.06. The van der Waals surface area contributed by atoms with E-state index in [9.17, 15) is 9.59 Å². The van der Waals surface area contributed by atoms with Gasteiger partial charge in [-0.25, -0.2) is 0 Å². The van der Waals surface area contributed by atoms with Crippen molar-refractivity contribution in [3.63, 3.8) is 0 Å². The van der Waals surface area contributed by atoms with Gasteiger partial charge < -0.3 is 10.2 Å². The molecule has 2 amide bonds. The average molecular weight is 294 g/mol. The predicted octanol–water partition coefficient (Wildman–Crippen LogP) is 2.72. The highest BCUT2D eigenvalue weighted by atomic mass is 16.2. The summed E-state index contributed by atoms with van der Waals surface area (Å²) in [5.74, 6) is 1.35. The summed E-state index contributed by atoms with van der Waals surface area (Å²) in [6.07, 6.45) is 8.98. The Morgan fingerprint density at radius 3 is 2.57 bits per heavy atom. The molecule has 120 valence electrons. The van der Waals surface area contributed by atoms with E-state index in [0.29, 0.717) is 18.9 Å². The van der Waals surface area contributed by atoms with Crippen molar-refractivity contribution in [2.24, 2.45) is 11.8 Å². The highest BCUT2D eigenvalue weighted by Gasteiger charge is 2.30. The van der Waals surface area contributed by atoms with Gasteiger partial charge in [-0.2, -0.15) is 0 Å². The summed E-state index contributed by atoms with van der Waals surface area (Å²) in [6, 6.07) is -0.314. The van der Waals surface area contributed by atoms with Gasteiger partial charge in [0.15, 0.2) is 0 Å². The molecule has 4 nitrogen and oxygen atoms in total. The van der Waals surface area contributed by atoms with E-state index < -0.39 is 0 Å². The maximum absolute atomic E-state index is 12.6. The van der Waals surface area contributed by atoms with Gasteiger partial charge in [0.05, 0.1) is 0 Å². The minimum Gasteiger partial charge on any atom is -0.344 e. The molecule has 1 N–H and O–H groups in total. The van der Waals surface area contributed by atoms with Crippen LogP contribution in [0.25, 0.3) is 0 Å². The monoisotopic (exact) mass is 294 g/mol. The van der Waals surface area contributed by atoms with Gasteiger partial charge in [-0.05, 0) is 24.7 Å². The van der Waals surface area contributed by atoms with E-state index in [1.807, 2.05) is 4.90 Å². The van der Waals surface area contributed by atoms with Gasteiger partial charge in [-0.3, -0.25) is 9.59 Å². The summed E-state index contributed by atoms with van der Waals surface area (Å²) >= 11 is 0. The van der Waals surface area contributed by atoms with Crippen LogP contribution in [0.2, 0.25) is 0 Å². The molecule has 0 radical (unpaired) electrons. The van der Waals surface area contributed by atoms with Crippen LogP contribution < -0.4 is 5.32 Å². The van der Waals surface area contributed by atoms with Gasteiger partial charge >= 0.3 is 0 Å². The van der Waals surface area contributed by atoms with E-state index in [1.165, 1.54) is 32.1 Å². The van der Waals surface area contributed by atoms with E-state index in [1.54, 1.807) is 0 Å². The number of hydrogen-bond acceptors (Lipinski definition) is 2. The Balaban J connectivity index is 1.90. The first-order valence-electron chi connectivity index (χ1n) is 8.64. The van der Waals surface area contributed by atoms with Crippen LogP contribution in [-0.4, -0.2) is 35.8 Å². The molecule has 2 aliphatic rings. The molecule has 0 aromatic carbocycles. The fraction of sp³-hybridized carbons (Fsp3) is 0.882. The molecule has 1 heterocycles. The van der Waals surface area contributed by atoms with Crippen molar-refractivity contribution < 1.29 is 9.59 Å². The molecule has 1 aliphatic carbocycles. The lowest BCUT2D eigenvalue weighted by Gasteiger charge is -2.28. The molecule has 4 heteroatoms.